The van der Waals surface area contributed by atoms with Gasteiger partial charge in [-0.05, 0) is 84.1 Å². The lowest BCUT2D eigenvalue weighted by Crippen LogP contribution is -2.56. The predicted molar refractivity (Wildman–Crippen MR) is 283 cm³/mol. The van der Waals surface area contributed by atoms with Crippen molar-refractivity contribution < 1.29 is 28.5 Å². The van der Waals surface area contributed by atoms with Crippen molar-refractivity contribution in [2.75, 3.05) is 19.8 Å². The van der Waals surface area contributed by atoms with Gasteiger partial charge in [-0.15, -0.1) is 0 Å². The summed E-state index contributed by atoms with van der Waals surface area (Å²) < 4.78 is 26.4. The Bertz CT molecular complexity index is 1760. The maximum absolute atomic E-state index is 12.5. The van der Waals surface area contributed by atoms with Crippen LogP contribution in [0.25, 0.3) is 10.8 Å². The molecule has 67 heavy (non-hydrogen) atoms. The highest BCUT2D eigenvalue weighted by atomic mass is 32.1. The topological polar surface area (TPSA) is 95.1 Å². The van der Waals surface area contributed by atoms with Crippen LogP contribution < -0.4 is 29.6 Å². The zero-order valence-corrected chi connectivity index (χ0v) is 43.1. The molecule has 2 amide bonds. The minimum absolute atomic E-state index is 0.0577. The zero-order chi connectivity index (χ0) is 47.6. The largest absolute Gasteiger partial charge is 0.490 e. The van der Waals surface area contributed by atoms with E-state index in [0.29, 0.717) is 32.8 Å². The molecule has 1 aliphatic heterocycles. The fraction of sp³-hybridized carbons (Fsp3) is 0.672. The lowest BCUT2D eigenvalue weighted by Gasteiger charge is -2.22. The molecule has 0 atom stereocenters. The third-order valence-electron chi connectivity index (χ3n) is 13.2. The van der Waals surface area contributed by atoms with Gasteiger partial charge in [-0.2, -0.15) is 0 Å². The molecule has 4 rings (SSSR count). The van der Waals surface area contributed by atoms with E-state index < -0.39 is 5.92 Å². The number of carbonyl (C=O) groups is 2. The number of unbranched alkanes of at least 4 members (excludes halogenated alkanes) is 27. The number of hydrogen-bond acceptors (Lipinski definition) is 7. The van der Waals surface area contributed by atoms with Crippen LogP contribution in [-0.2, 0) is 22.6 Å². The molecule has 9 heteroatoms. The fourth-order valence-corrected chi connectivity index (χ4v) is 9.21. The molecule has 0 saturated carbocycles. The van der Waals surface area contributed by atoms with E-state index in [1.165, 1.54) is 161 Å². The molecule has 0 aliphatic carbocycles. The Morgan fingerprint density at radius 2 is 0.821 bits per heavy atom. The lowest BCUT2D eigenvalue weighted by atomic mass is 9.95. The van der Waals surface area contributed by atoms with E-state index in [1.807, 2.05) is 36.4 Å². The summed E-state index contributed by atoms with van der Waals surface area (Å²) in [6, 6.07) is 16.2. The first-order valence-corrected chi connectivity index (χ1v) is 27.7. The summed E-state index contributed by atoms with van der Waals surface area (Å²) in [5.74, 6) is 1.41. The van der Waals surface area contributed by atoms with Gasteiger partial charge in [-0.3, -0.25) is 9.59 Å². The molecule has 2 N–H and O–H groups in total. The molecule has 3 aromatic carbocycles. The monoisotopic (exact) mass is 943 g/mol. The van der Waals surface area contributed by atoms with E-state index in [0.717, 1.165) is 77.0 Å². The van der Waals surface area contributed by atoms with Gasteiger partial charge >= 0.3 is 0 Å². The number of amides is 2. The van der Waals surface area contributed by atoms with Gasteiger partial charge in [0.05, 0.1) is 19.8 Å². The molecule has 1 saturated heterocycles. The second kappa shape index (κ2) is 35.3. The minimum atomic E-state index is -0.823. The molecule has 0 radical (unpaired) electrons. The summed E-state index contributed by atoms with van der Waals surface area (Å²) >= 11 is 4.97. The van der Waals surface area contributed by atoms with E-state index in [4.69, 9.17) is 31.2 Å². The van der Waals surface area contributed by atoms with Gasteiger partial charge in [0.2, 0.25) is 17.6 Å². The minimum Gasteiger partial charge on any atom is -0.490 e. The zero-order valence-electron chi connectivity index (χ0n) is 42.3. The quantitative estimate of drug-likeness (QED) is 0.0332. The van der Waals surface area contributed by atoms with Gasteiger partial charge in [0.15, 0.2) is 16.6 Å². The van der Waals surface area contributed by atoms with Crippen LogP contribution in [0, 0.1) is 5.92 Å². The molecular formula is C58H90N2O6S. The number of ether oxygens (including phenoxy) is 4. The molecule has 8 nitrogen and oxygen atoms in total. The molecule has 0 bridgehead atoms. The van der Waals surface area contributed by atoms with Gasteiger partial charge in [0.1, 0.15) is 18.3 Å². The molecular weight excluding hydrogens is 853 g/mol. The molecule has 0 aromatic heterocycles. The second-order valence-corrected chi connectivity index (χ2v) is 19.6. The Labute approximate surface area is 412 Å². The first-order chi connectivity index (χ1) is 32.9. The third kappa shape index (κ3) is 23.3. The highest BCUT2D eigenvalue weighted by Crippen LogP contribution is 2.40. The van der Waals surface area contributed by atoms with E-state index in [1.54, 1.807) is 0 Å². The Kier molecular flexibility index (Phi) is 29.4. The van der Waals surface area contributed by atoms with E-state index in [9.17, 15) is 9.59 Å². The predicted octanol–water partition coefficient (Wildman–Crippen LogP) is 16.0. The van der Waals surface area contributed by atoms with Crippen molar-refractivity contribution in [1.29, 1.82) is 0 Å². The van der Waals surface area contributed by atoms with Gasteiger partial charge in [0.25, 0.3) is 0 Å². The number of hydrogen-bond donors (Lipinski definition) is 2. The van der Waals surface area contributed by atoms with Gasteiger partial charge in [-0.25, -0.2) is 0 Å². The first-order valence-electron chi connectivity index (χ1n) is 27.3. The number of carbonyl (C=O) groups excluding carboxylic acids is 2. The number of fused-ring (bicyclic) bond motifs is 1. The van der Waals surface area contributed by atoms with Crippen molar-refractivity contribution in [1.82, 2.24) is 10.6 Å². The summed E-state index contributed by atoms with van der Waals surface area (Å²) in [6.45, 7) is 9.11. The molecule has 0 unspecified atom stereocenters. The Morgan fingerprint density at radius 3 is 1.27 bits per heavy atom. The average molecular weight is 943 g/mol. The summed E-state index contributed by atoms with van der Waals surface area (Å²) in [5, 5.41) is 7.20. The number of rotatable bonds is 41. The fourth-order valence-electron chi connectivity index (χ4n) is 9.00. The van der Waals surface area contributed by atoms with Crippen molar-refractivity contribution in [3.8, 4) is 23.0 Å². The molecule has 3 aromatic rings. The van der Waals surface area contributed by atoms with Crippen LogP contribution in [0.5, 0.6) is 23.0 Å². The van der Waals surface area contributed by atoms with Crippen LogP contribution in [0.2, 0.25) is 0 Å². The normalized spacial score (nSPS) is 13.0. The molecule has 374 valence electrons. The van der Waals surface area contributed by atoms with E-state index >= 15 is 0 Å². The summed E-state index contributed by atoms with van der Waals surface area (Å²) in [4.78, 5) is 25.0. The third-order valence-corrected chi connectivity index (χ3v) is 13.4. The molecule has 1 fully saturated rings. The van der Waals surface area contributed by atoms with Crippen LogP contribution in [-0.4, -0.2) is 36.7 Å². The van der Waals surface area contributed by atoms with Crippen molar-refractivity contribution >= 4 is 39.9 Å². The Morgan fingerprint density at radius 1 is 0.433 bits per heavy atom. The van der Waals surface area contributed by atoms with Crippen molar-refractivity contribution in [3.05, 3.63) is 59.7 Å². The van der Waals surface area contributed by atoms with Gasteiger partial charge < -0.3 is 29.6 Å². The first kappa shape index (κ1) is 55.7. The van der Waals surface area contributed by atoms with Crippen LogP contribution in [0.15, 0.2) is 48.5 Å². The van der Waals surface area contributed by atoms with E-state index in [-0.39, 0.29) is 16.9 Å². The Balaban J connectivity index is 1.41. The smallest absolute Gasteiger partial charge is 0.239 e. The molecule has 1 aliphatic rings. The van der Waals surface area contributed by atoms with Crippen molar-refractivity contribution in [2.45, 2.75) is 226 Å². The van der Waals surface area contributed by atoms with Gasteiger partial charge in [0, 0.05) is 0 Å². The second-order valence-electron chi connectivity index (χ2n) is 19.2. The SMILES string of the molecule is CCCCCCCCCCCCOc1cc(COc2ccc3cc(CC4C(=O)NC(=S)NC4=O)ccc3c2)cc(OCCCCCCCCCCCC)c1OCCCCCCCCCCCC. The number of nitrogens with one attached hydrogen (secondary N) is 2. The standard InChI is InChI=1S/C58H90N2O6S/c1-4-7-10-13-16-19-22-25-28-31-38-63-53-43-48(46-66-51-37-36-49-41-47(34-35-50(49)45-51)42-52-56(61)59-58(67)60-57(52)62)44-54(64-39-32-29-26-23-20-17-14-11-8-5-2)55(53)65-40-33-30-27-24-21-18-15-12-9-6-3/h34-37,41,43-45,52H,4-33,38-40,42,46H2,1-3H3,(H2,59,60,61,62,67). The number of benzene rings is 3. The average Bonchev–Trinajstić information content (AvgIpc) is 3.32. The number of thiocarbonyl (C=S) groups is 1. The highest BCUT2D eigenvalue weighted by molar-refractivity contribution is 7.80. The van der Waals surface area contributed by atoms with Crippen molar-refractivity contribution in [2.24, 2.45) is 5.92 Å². The van der Waals surface area contributed by atoms with Crippen LogP contribution in [0.4, 0.5) is 0 Å². The van der Waals surface area contributed by atoms with Gasteiger partial charge in [-0.1, -0.05) is 218 Å². The molecule has 1 heterocycles. The highest BCUT2D eigenvalue weighted by Gasteiger charge is 2.32. The van der Waals surface area contributed by atoms with Crippen LogP contribution in [0.3, 0.4) is 0 Å². The summed E-state index contributed by atoms with van der Waals surface area (Å²) in [6.07, 6.45) is 38.7. The van der Waals surface area contributed by atoms with Crippen LogP contribution in [0.1, 0.15) is 225 Å². The lowest BCUT2D eigenvalue weighted by molar-refractivity contribution is -0.135. The summed E-state index contributed by atoms with van der Waals surface area (Å²) in [7, 11) is 0. The maximum Gasteiger partial charge on any atom is 0.239 e. The summed E-state index contributed by atoms with van der Waals surface area (Å²) in [5.41, 5.74) is 1.87. The molecule has 0 spiro atoms. The maximum atomic E-state index is 12.5. The van der Waals surface area contributed by atoms with Crippen molar-refractivity contribution in [3.63, 3.8) is 0 Å². The van der Waals surface area contributed by atoms with E-state index in [2.05, 4.69) is 43.5 Å². The van der Waals surface area contributed by atoms with Crippen LogP contribution >= 0.6 is 12.2 Å². The Hall–Kier alpha value is -3.85.